The number of rotatable bonds is 3. The molecule has 0 aromatic rings. The van der Waals surface area contributed by atoms with E-state index in [0.29, 0.717) is 12.1 Å². The summed E-state index contributed by atoms with van der Waals surface area (Å²) in [5.41, 5.74) is 0. The van der Waals surface area contributed by atoms with Gasteiger partial charge in [-0.25, -0.2) is 0 Å². The second-order valence-electron chi connectivity index (χ2n) is 7.28. The summed E-state index contributed by atoms with van der Waals surface area (Å²) in [6.45, 7) is 4.84. The number of nitrogens with one attached hydrogen (secondary N) is 1. The van der Waals surface area contributed by atoms with Crippen molar-refractivity contribution in [3.8, 4) is 0 Å². The second kappa shape index (κ2) is 6.76. The van der Waals surface area contributed by atoms with Gasteiger partial charge in [-0.3, -0.25) is 4.90 Å². The molecule has 3 heteroatoms. The van der Waals surface area contributed by atoms with E-state index in [1.165, 1.54) is 64.5 Å². The first kappa shape index (κ1) is 14.8. The first-order valence-electron chi connectivity index (χ1n) is 8.80. The zero-order chi connectivity index (χ0) is 13.9. The first-order chi connectivity index (χ1) is 9.78. The molecule has 3 nitrogen and oxygen atoms in total. The van der Waals surface area contributed by atoms with Crippen molar-refractivity contribution in [2.24, 2.45) is 5.92 Å². The maximum absolute atomic E-state index is 5.57. The van der Waals surface area contributed by atoms with Crippen LogP contribution in [-0.2, 0) is 4.74 Å². The molecule has 0 spiro atoms. The molecule has 0 radical (unpaired) electrons. The molecule has 3 aliphatic rings. The lowest BCUT2D eigenvalue weighted by molar-refractivity contribution is 0.0533. The third-order valence-electron chi connectivity index (χ3n) is 6.03. The lowest BCUT2D eigenvalue weighted by Crippen LogP contribution is -2.60. The number of ether oxygens (including phenoxy) is 1. The number of hydrogen-bond acceptors (Lipinski definition) is 3. The summed E-state index contributed by atoms with van der Waals surface area (Å²) in [6, 6.07) is 2.20. The largest absolute Gasteiger partial charge is 0.381 e. The van der Waals surface area contributed by atoms with Crippen LogP contribution in [0, 0.1) is 5.92 Å². The van der Waals surface area contributed by atoms with Crippen LogP contribution in [0.15, 0.2) is 0 Å². The van der Waals surface area contributed by atoms with Gasteiger partial charge in [0, 0.05) is 38.3 Å². The topological polar surface area (TPSA) is 24.5 Å². The molecule has 0 aromatic carbocycles. The maximum Gasteiger partial charge on any atom is 0.0586 e. The van der Waals surface area contributed by atoms with E-state index in [1.807, 2.05) is 7.11 Å². The summed E-state index contributed by atoms with van der Waals surface area (Å²) in [5.74, 6) is 0.929. The van der Waals surface area contributed by atoms with Crippen molar-refractivity contribution in [2.75, 3.05) is 20.2 Å². The highest BCUT2D eigenvalue weighted by Gasteiger charge is 2.37. The minimum Gasteiger partial charge on any atom is -0.381 e. The first-order valence-corrected chi connectivity index (χ1v) is 8.80. The van der Waals surface area contributed by atoms with Crippen LogP contribution in [0.3, 0.4) is 0 Å². The van der Waals surface area contributed by atoms with Crippen molar-refractivity contribution in [3.63, 3.8) is 0 Å². The Labute approximate surface area is 124 Å². The summed E-state index contributed by atoms with van der Waals surface area (Å²) in [5, 5.41) is 3.84. The molecule has 1 saturated heterocycles. The highest BCUT2D eigenvalue weighted by molar-refractivity contribution is 4.94. The third kappa shape index (κ3) is 3.20. The van der Waals surface area contributed by atoms with Crippen molar-refractivity contribution < 1.29 is 4.74 Å². The van der Waals surface area contributed by atoms with Gasteiger partial charge in [-0.2, -0.15) is 0 Å². The van der Waals surface area contributed by atoms with Crippen LogP contribution >= 0.6 is 0 Å². The highest BCUT2D eigenvalue weighted by Crippen LogP contribution is 2.32. The minimum absolute atomic E-state index is 0.509. The van der Waals surface area contributed by atoms with Crippen LogP contribution in [0.25, 0.3) is 0 Å². The summed E-state index contributed by atoms with van der Waals surface area (Å²) < 4.78 is 5.57. The fraction of sp³-hybridized carbons (Fsp3) is 1.00. The van der Waals surface area contributed by atoms with Crippen LogP contribution in [0.1, 0.15) is 58.3 Å². The standard InChI is InChI=1S/C17H32N2O/c1-13-11-18-17(14-6-4-3-5-7-14)12-19(13)15-8-9-16(10-15)20-2/h13-18H,3-12H2,1-2H3. The molecule has 2 saturated carbocycles. The molecule has 20 heavy (non-hydrogen) atoms. The van der Waals surface area contributed by atoms with Crippen molar-refractivity contribution in [3.05, 3.63) is 0 Å². The average molecular weight is 280 g/mol. The van der Waals surface area contributed by atoms with Crippen LogP contribution in [-0.4, -0.2) is 49.3 Å². The Hall–Kier alpha value is -0.120. The molecule has 2 aliphatic carbocycles. The smallest absolute Gasteiger partial charge is 0.0586 e. The van der Waals surface area contributed by atoms with E-state index in [-0.39, 0.29) is 0 Å². The summed E-state index contributed by atoms with van der Waals surface area (Å²) in [6.07, 6.45) is 11.6. The highest BCUT2D eigenvalue weighted by atomic mass is 16.5. The molecule has 0 amide bonds. The Balaban J connectivity index is 1.58. The van der Waals surface area contributed by atoms with Crippen LogP contribution < -0.4 is 5.32 Å². The Kier molecular flexibility index (Phi) is 5.00. The van der Waals surface area contributed by atoms with Gasteiger partial charge >= 0.3 is 0 Å². The van der Waals surface area contributed by atoms with Crippen molar-refractivity contribution in [2.45, 2.75) is 82.5 Å². The zero-order valence-electron chi connectivity index (χ0n) is 13.3. The molecule has 0 bridgehead atoms. The van der Waals surface area contributed by atoms with E-state index in [9.17, 15) is 0 Å². The predicted octanol–water partition coefficient (Wildman–Crippen LogP) is 2.80. The Morgan fingerprint density at radius 2 is 1.85 bits per heavy atom. The fourth-order valence-corrected chi connectivity index (χ4v) is 4.70. The van der Waals surface area contributed by atoms with Gasteiger partial charge in [0.15, 0.2) is 0 Å². The monoisotopic (exact) mass is 280 g/mol. The molecular formula is C17H32N2O. The summed E-state index contributed by atoms with van der Waals surface area (Å²) in [7, 11) is 1.87. The van der Waals surface area contributed by atoms with Crippen molar-refractivity contribution in [1.82, 2.24) is 10.2 Å². The third-order valence-corrected chi connectivity index (χ3v) is 6.03. The Bertz CT molecular complexity index is 303. The molecular weight excluding hydrogens is 248 g/mol. The molecule has 4 unspecified atom stereocenters. The van der Waals surface area contributed by atoms with Crippen molar-refractivity contribution >= 4 is 0 Å². The van der Waals surface area contributed by atoms with Gasteiger partial charge < -0.3 is 10.1 Å². The Morgan fingerprint density at radius 3 is 2.55 bits per heavy atom. The second-order valence-corrected chi connectivity index (χ2v) is 7.28. The molecule has 1 aliphatic heterocycles. The molecule has 3 rings (SSSR count). The number of methoxy groups -OCH3 is 1. The van der Waals surface area contributed by atoms with Crippen LogP contribution in [0.5, 0.6) is 0 Å². The van der Waals surface area contributed by atoms with E-state index in [4.69, 9.17) is 4.74 Å². The molecule has 0 aromatic heterocycles. The summed E-state index contributed by atoms with van der Waals surface area (Å²) >= 11 is 0. The van der Waals surface area contributed by atoms with Gasteiger partial charge in [0.05, 0.1) is 6.10 Å². The minimum atomic E-state index is 0.509. The van der Waals surface area contributed by atoms with Gasteiger partial charge in [0.2, 0.25) is 0 Å². The van der Waals surface area contributed by atoms with E-state index in [2.05, 4.69) is 17.1 Å². The Morgan fingerprint density at radius 1 is 1.05 bits per heavy atom. The van der Waals surface area contributed by atoms with Gasteiger partial charge in [-0.1, -0.05) is 19.3 Å². The lowest BCUT2D eigenvalue weighted by atomic mass is 9.82. The number of piperazine rings is 1. The SMILES string of the molecule is COC1CCC(N2CC(C3CCCCC3)NCC2C)C1. The molecule has 116 valence electrons. The maximum atomic E-state index is 5.57. The fourth-order valence-electron chi connectivity index (χ4n) is 4.70. The van der Waals surface area contributed by atoms with E-state index < -0.39 is 0 Å². The quantitative estimate of drug-likeness (QED) is 0.860. The molecule has 4 atom stereocenters. The summed E-state index contributed by atoms with van der Waals surface area (Å²) in [4.78, 5) is 2.80. The predicted molar refractivity (Wildman–Crippen MR) is 83.0 cm³/mol. The number of nitrogens with zero attached hydrogens (tertiary/aromatic N) is 1. The molecule has 3 fully saturated rings. The normalized spacial score (nSPS) is 41.1. The van der Waals surface area contributed by atoms with Gasteiger partial charge in [-0.05, 0) is 44.9 Å². The zero-order valence-corrected chi connectivity index (χ0v) is 13.3. The molecule has 1 heterocycles. The van der Waals surface area contributed by atoms with E-state index in [1.54, 1.807) is 0 Å². The van der Waals surface area contributed by atoms with Gasteiger partial charge in [-0.15, -0.1) is 0 Å². The van der Waals surface area contributed by atoms with Crippen molar-refractivity contribution in [1.29, 1.82) is 0 Å². The van der Waals surface area contributed by atoms with Gasteiger partial charge in [0.25, 0.3) is 0 Å². The average Bonchev–Trinajstić information content (AvgIpc) is 2.97. The lowest BCUT2D eigenvalue weighted by Gasteiger charge is -2.45. The van der Waals surface area contributed by atoms with E-state index >= 15 is 0 Å². The molecule has 1 N–H and O–H groups in total. The number of hydrogen-bond donors (Lipinski definition) is 1. The van der Waals surface area contributed by atoms with Gasteiger partial charge in [0.1, 0.15) is 0 Å². The van der Waals surface area contributed by atoms with Crippen LogP contribution in [0.4, 0.5) is 0 Å². The van der Waals surface area contributed by atoms with E-state index in [0.717, 1.165) is 18.0 Å². The van der Waals surface area contributed by atoms with Crippen LogP contribution in [0.2, 0.25) is 0 Å².